The molecule has 0 amide bonds. The van der Waals surface area contributed by atoms with Gasteiger partial charge in [0.05, 0.1) is 0 Å². The Morgan fingerprint density at radius 2 is 1.39 bits per heavy atom. The van der Waals surface area contributed by atoms with Crippen molar-refractivity contribution in [2.45, 2.75) is 5.92 Å². The molecule has 0 heterocycles. The fourth-order valence-corrected chi connectivity index (χ4v) is 2.09. The third-order valence-electron chi connectivity index (χ3n) is 2.85. The summed E-state index contributed by atoms with van der Waals surface area (Å²) in [7, 11) is 0. The van der Waals surface area contributed by atoms with Crippen molar-refractivity contribution in [1.82, 2.24) is 0 Å². The van der Waals surface area contributed by atoms with Crippen molar-refractivity contribution < 1.29 is 55.7 Å². The average Bonchev–Trinajstić information content (AvgIpc) is 2.74. The summed E-state index contributed by atoms with van der Waals surface area (Å²) in [6, 6.07) is 19.0. The molecule has 89 valence electrons. The van der Waals surface area contributed by atoms with E-state index in [9.17, 15) is 0 Å². The van der Waals surface area contributed by atoms with Crippen molar-refractivity contribution in [3.63, 3.8) is 0 Å². The minimum Gasteiger partial charge on any atom is -1.00 e. The van der Waals surface area contributed by atoms with Crippen LogP contribution in [0.2, 0.25) is 0 Å². The molecule has 0 spiro atoms. The molecule has 1 radical (unpaired) electrons. The molecular formula is C15H11Br2Ti. The summed E-state index contributed by atoms with van der Waals surface area (Å²) in [5.74, 6) is 0.322. The topological polar surface area (TPSA) is 0 Å². The third kappa shape index (κ3) is 3.45. The number of halogens is 2. The predicted octanol–water partition coefficient (Wildman–Crippen LogP) is -2.35. The van der Waals surface area contributed by atoms with E-state index in [1.54, 1.807) is 0 Å². The first-order chi connectivity index (χ1) is 7.45. The second-order valence-corrected chi connectivity index (χ2v) is 3.78. The smallest absolute Gasteiger partial charge is 1.00 e. The Kier molecular flexibility index (Phi) is 8.05. The van der Waals surface area contributed by atoms with Crippen LogP contribution in [0.1, 0.15) is 22.6 Å². The van der Waals surface area contributed by atoms with Crippen molar-refractivity contribution in [2.75, 3.05) is 0 Å². The second kappa shape index (κ2) is 8.11. The molecular weight excluding hydrogens is 388 g/mol. The van der Waals surface area contributed by atoms with Crippen LogP contribution in [0.5, 0.6) is 0 Å². The number of allylic oxidation sites excluding steroid dienone is 1. The first-order valence-electron chi connectivity index (χ1n) is 5.18. The van der Waals surface area contributed by atoms with Crippen molar-refractivity contribution in [3.8, 4) is 0 Å². The maximum Gasteiger partial charge on any atom is 3.00 e. The minimum atomic E-state index is 0. The SMILES string of the molecule is [Br-].[Br-].[C-]1=Cc2ccccc2C1c1ccccc1.[Ti+3]. The Bertz CT molecular complexity index is 509. The fourth-order valence-electron chi connectivity index (χ4n) is 2.09. The number of hydrogen-bond donors (Lipinski definition) is 0. The maximum atomic E-state index is 3.41. The quantitative estimate of drug-likeness (QED) is 0.373. The second-order valence-electron chi connectivity index (χ2n) is 3.78. The summed E-state index contributed by atoms with van der Waals surface area (Å²) >= 11 is 0. The van der Waals surface area contributed by atoms with Gasteiger partial charge in [-0.2, -0.15) is 5.56 Å². The summed E-state index contributed by atoms with van der Waals surface area (Å²) < 4.78 is 0. The number of benzene rings is 2. The van der Waals surface area contributed by atoms with E-state index in [1.165, 1.54) is 16.7 Å². The molecule has 0 saturated carbocycles. The molecule has 18 heavy (non-hydrogen) atoms. The molecule has 1 aliphatic carbocycles. The van der Waals surface area contributed by atoms with Gasteiger partial charge in [-0.3, -0.25) is 6.08 Å². The summed E-state index contributed by atoms with van der Waals surface area (Å²) in [6.45, 7) is 0. The van der Waals surface area contributed by atoms with E-state index < -0.39 is 0 Å². The van der Waals surface area contributed by atoms with Crippen LogP contribution in [0.4, 0.5) is 0 Å². The molecule has 0 bridgehead atoms. The molecule has 1 aliphatic rings. The van der Waals surface area contributed by atoms with Gasteiger partial charge in [0.2, 0.25) is 0 Å². The molecule has 0 nitrogen and oxygen atoms in total. The Morgan fingerprint density at radius 1 is 0.778 bits per heavy atom. The van der Waals surface area contributed by atoms with Crippen molar-refractivity contribution in [2.24, 2.45) is 0 Å². The van der Waals surface area contributed by atoms with E-state index in [0.29, 0.717) is 5.92 Å². The summed E-state index contributed by atoms with van der Waals surface area (Å²) in [5.41, 5.74) is 3.98. The van der Waals surface area contributed by atoms with Gasteiger partial charge in [-0.15, -0.1) is 11.6 Å². The molecule has 2 aromatic rings. The molecule has 0 N–H and O–H groups in total. The largest absolute Gasteiger partial charge is 3.00 e. The van der Waals surface area contributed by atoms with Gasteiger partial charge < -0.3 is 34.0 Å². The average molecular weight is 399 g/mol. The van der Waals surface area contributed by atoms with Gasteiger partial charge in [-0.25, -0.2) is 6.08 Å². The zero-order valence-corrected chi connectivity index (χ0v) is 14.3. The molecule has 0 aromatic heterocycles. The number of rotatable bonds is 1. The first kappa shape index (κ1) is 17.9. The normalized spacial score (nSPS) is 14.8. The van der Waals surface area contributed by atoms with Crippen molar-refractivity contribution >= 4 is 6.08 Å². The standard InChI is InChI=1S/C15H11.2BrH.Ti/c1-2-6-12(7-3-1)15-11-10-13-8-4-5-9-14(13)15;;;/h1-10,15H;2*1H;/q-1;;;+3/p-2. The van der Waals surface area contributed by atoms with Gasteiger partial charge in [0.1, 0.15) is 0 Å². The van der Waals surface area contributed by atoms with Crippen LogP contribution in [0.3, 0.4) is 0 Å². The maximum absolute atomic E-state index is 3.41. The zero-order chi connectivity index (χ0) is 10.1. The summed E-state index contributed by atoms with van der Waals surface area (Å²) in [5, 5.41) is 0. The van der Waals surface area contributed by atoms with Crippen molar-refractivity contribution in [3.05, 3.63) is 77.4 Å². The van der Waals surface area contributed by atoms with E-state index in [2.05, 4.69) is 60.7 Å². The monoisotopic (exact) mass is 397 g/mol. The number of hydrogen-bond acceptors (Lipinski definition) is 0. The molecule has 1 unspecified atom stereocenters. The molecule has 0 saturated heterocycles. The van der Waals surface area contributed by atoms with Gasteiger partial charge in [0, 0.05) is 0 Å². The van der Waals surface area contributed by atoms with Gasteiger partial charge in [-0.1, -0.05) is 60.0 Å². The van der Waals surface area contributed by atoms with Crippen LogP contribution in [0, 0.1) is 6.08 Å². The molecule has 1 atom stereocenters. The predicted molar refractivity (Wildman–Crippen MR) is 62.4 cm³/mol. The van der Waals surface area contributed by atoms with E-state index >= 15 is 0 Å². The van der Waals surface area contributed by atoms with Gasteiger partial charge in [0.25, 0.3) is 0 Å². The van der Waals surface area contributed by atoms with Crippen LogP contribution in [-0.2, 0) is 21.7 Å². The Morgan fingerprint density at radius 3 is 2.11 bits per heavy atom. The Hall–Kier alpha value is -0.146. The molecule has 3 rings (SSSR count). The molecule has 0 aliphatic heterocycles. The Labute approximate surface area is 144 Å². The zero-order valence-electron chi connectivity index (χ0n) is 9.61. The first-order valence-corrected chi connectivity index (χ1v) is 5.18. The summed E-state index contributed by atoms with van der Waals surface area (Å²) in [6.07, 6.45) is 5.50. The van der Waals surface area contributed by atoms with Gasteiger partial charge in [-0.05, 0) is 0 Å². The van der Waals surface area contributed by atoms with Crippen LogP contribution in [0.15, 0.2) is 54.6 Å². The third-order valence-corrected chi connectivity index (χ3v) is 2.85. The van der Waals surface area contributed by atoms with Gasteiger partial charge >= 0.3 is 21.7 Å². The van der Waals surface area contributed by atoms with Gasteiger partial charge in [0.15, 0.2) is 0 Å². The van der Waals surface area contributed by atoms with E-state index in [1.807, 2.05) is 6.07 Å². The summed E-state index contributed by atoms with van der Waals surface area (Å²) in [4.78, 5) is 0. The Balaban J connectivity index is 0.000000963. The van der Waals surface area contributed by atoms with Crippen LogP contribution in [0.25, 0.3) is 6.08 Å². The minimum absolute atomic E-state index is 0. The molecule has 2 aromatic carbocycles. The van der Waals surface area contributed by atoms with Crippen LogP contribution >= 0.6 is 0 Å². The van der Waals surface area contributed by atoms with Crippen LogP contribution in [-0.4, -0.2) is 0 Å². The van der Waals surface area contributed by atoms with Crippen molar-refractivity contribution in [1.29, 1.82) is 0 Å². The molecule has 0 fully saturated rings. The van der Waals surface area contributed by atoms with E-state index in [4.69, 9.17) is 0 Å². The number of fused-ring (bicyclic) bond motifs is 1. The van der Waals surface area contributed by atoms with E-state index in [0.717, 1.165) is 0 Å². The van der Waals surface area contributed by atoms with Crippen LogP contribution < -0.4 is 34.0 Å². The fraction of sp³-hybridized carbons (Fsp3) is 0.0667. The van der Waals surface area contributed by atoms with E-state index in [-0.39, 0.29) is 55.7 Å². The molecule has 3 heteroatoms.